The highest BCUT2D eigenvalue weighted by Gasteiger charge is 2.18. The van der Waals surface area contributed by atoms with E-state index in [0.29, 0.717) is 17.1 Å². The number of amides is 1. The number of para-hydroxylation sites is 1. The standard InChI is InChI=1S/C17H18N6O/c18-15(24)11-6-3-4-7-12(11)21-16-14-17(20-10-19-16)23-9-5-1-2-8-13(23)22-14/h3-4,6-7,10H,1-2,5,8-9H2,(H2,18,24)(H,19,20,21). The number of aryl methyl sites for hydroxylation is 2. The molecule has 0 unspecified atom stereocenters. The number of imidazole rings is 1. The van der Waals surface area contributed by atoms with Gasteiger partial charge in [-0.05, 0) is 25.0 Å². The predicted molar refractivity (Wildman–Crippen MR) is 91.1 cm³/mol. The van der Waals surface area contributed by atoms with Crippen molar-refractivity contribution >= 4 is 28.6 Å². The van der Waals surface area contributed by atoms with Crippen LogP contribution in [0, 0.1) is 0 Å². The Hall–Kier alpha value is -2.96. The van der Waals surface area contributed by atoms with E-state index >= 15 is 0 Å². The van der Waals surface area contributed by atoms with Crippen molar-refractivity contribution in [1.82, 2.24) is 19.5 Å². The molecule has 4 rings (SSSR count). The number of benzene rings is 1. The summed E-state index contributed by atoms with van der Waals surface area (Å²) >= 11 is 0. The number of fused-ring (bicyclic) bond motifs is 3. The molecular weight excluding hydrogens is 304 g/mol. The molecule has 0 atom stereocenters. The van der Waals surface area contributed by atoms with Gasteiger partial charge in [-0.3, -0.25) is 4.79 Å². The molecule has 7 heteroatoms. The van der Waals surface area contributed by atoms with Gasteiger partial charge < -0.3 is 15.6 Å². The zero-order valence-electron chi connectivity index (χ0n) is 13.2. The average molecular weight is 322 g/mol. The summed E-state index contributed by atoms with van der Waals surface area (Å²) in [6, 6.07) is 7.11. The molecule has 0 spiro atoms. The van der Waals surface area contributed by atoms with Crippen LogP contribution in [-0.4, -0.2) is 25.4 Å². The molecule has 1 aliphatic heterocycles. The third kappa shape index (κ3) is 2.47. The minimum absolute atomic E-state index is 0.421. The molecule has 0 fully saturated rings. The average Bonchev–Trinajstić information content (AvgIpc) is 2.78. The molecule has 0 saturated carbocycles. The molecule has 3 heterocycles. The Kier molecular flexibility index (Phi) is 3.60. The fourth-order valence-corrected chi connectivity index (χ4v) is 3.16. The molecule has 3 aromatic rings. The third-order valence-electron chi connectivity index (χ3n) is 4.34. The highest BCUT2D eigenvalue weighted by Crippen LogP contribution is 2.27. The van der Waals surface area contributed by atoms with Crippen LogP contribution in [0.1, 0.15) is 35.4 Å². The van der Waals surface area contributed by atoms with Gasteiger partial charge in [-0.1, -0.05) is 18.6 Å². The number of nitrogens with zero attached hydrogens (tertiary/aromatic N) is 4. The fraction of sp³-hybridized carbons (Fsp3) is 0.294. The normalized spacial score (nSPS) is 14.2. The lowest BCUT2D eigenvalue weighted by molar-refractivity contribution is 0.100. The number of carbonyl (C=O) groups is 1. The molecule has 0 radical (unpaired) electrons. The smallest absolute Gasteiger partial charge is 0.250 e. The molecule has 24 heavy (non-hydrogen) atoms. The van der Waals surface area contributed by atoms with Gasteiger partial charge in [0.2, 0.25) is 0 Å². The summed E-state index contributed by atoms with van der Waals surface area (Å²) in [5.41, 5.74) is 8.05. The van der Waals surface area contributed by atoms with Crippen LogP contribution in [0.3, 0.4) is 0 Å². The third-order valence-corrected chi connectivity index (χ3v) is 4.34. The van der Waals surface area contributed by atoms with E-state index < -0.39 is 5.91 Å². The summed E-state index contributed by atoms with van der Waals surface area (Å²) < 4.78 is 2.18. The van der Waals surface area contributed by atoms with Crippen LogP contribution in [0.25, 0.3) is 11.2 Å². The fourth-order valence-electron chi connectivity index (χ4n) is 3.16. The number of nitrogens with two attached hydrogens (primary N) is 1. The predicted octanol–water partition coefficient (Wildman–Crippen LogP) is 2.40. The molecular formula is C17H18N6O. The first-order valence-electron chi connectivity index (χ1n) is 8.10. The van der Waals surface area contributed by atoms with Crippen LogP contribution in [0.5, 0.6) is 0 Å². The zero-order valence-corrected chi connectivity index (χ0v) is 13.2. The quantitative estimate of drug-likeness (QED) is 0.771. The Balaban J connectivity index is 1.80. The highest BCUT2D eigenvalue weighted by molar-refractivity contribution is 6.00. The van der Waals surface area contributed by atoms with Gasteiger partial charge in [0.25, 0.3) is 5.91 Å². The first kappa shape index (κ1) is 14.6. The number of anilines is 2. The molecule has 0 saturated heterocycles. The molecule has 0 bridgehead atoms. The van der Waals surface area contributed by atoms with Gasteiger partial charge in [-0.15, -0.1) is 0 Å². The first-order chi connectivity index (χ1) is 11.7. The summed E-state index contributed by atoms with van der Waals surface area (Å²) in [5.74, 6) is 1.16. The van der Waals surface area contributed by atoms with E-state index in [1.807, 2.05) is 6.07 Å². The molecule has 1 aliphatic rings. The number of primary amides is 1. The van der Waals surface area contributed by atoms with Gasteiger partial charge >= 0.3 is 0 Å². The summed E-state index contributed by atoms with van der Waals surface area (Å²) in [6.07, 6.45) is 5.97. The lowest BCUT2D eigenvalue weighted by Crippen LogP contribution is -2.13. The highest BCUT2D eigenvalue weighted by atomic mass is 16.1. The van der Waals surface area contributed by atoms with Crippen molar-refractivity contribution in [3.05, 3.63) is 42.0 Å². The monoisotopic (exact) mass is 322 g/mol. The maximum absolute atomic E-state index is 11.6. The maximum Gasteiger partial charge on any atom is 0.250 e. The number of hydrogen-bond acceptors (Lipinski definition) is 5. The van der Waals surface area contributed by atoms with Crippen molar-refractivity contribution in [3.63, 3.8) is 0 Å². The van der Waals surface area contributed by atoms with Crippen LogP contribution in [0.2, 0.25) is 0 Å². The summed E-state index contributed by atoms with van der Waals surface area (Å²) in [4.78, 5) is 25.1. The first-order valence-corrected chi connectivity index (χ1v) is 8.10. The van der Waals surface area contributed by atoms with E-state index in [2.05, 4.69) is 19.9 Å². The maximum atomic E-state index is 11.6. The van der Waals surface area contributed by atoms with E-state index in [9.17, 15) is 4.79 Å². The zero-order chi connectivity index (χ0) is 16.5. The van der Waals surface area contributed by atoms with Crippen LogP contribution >= 0.6 is 0 Å². The molecule has 1 amide bonds. The second-order valence-electron chi connectivity index (χ2n) is 5.92. The molecule has 122 valence electrons. The number of hydrogen-bond donors (Lipinski definition) is 2. The van der Waals surface area contributed by atoms with Gasteiger partial charge in [0.05, 0.1) is 11.3 Å². The minimum atomic E-state index is -0.482. The van der Waals surface area contributed by atoms with Crippen LogP contribution in [-0.2, 0) is 13.0 Å². The van der Waals surface area contributed by atoms with E-state index in [0.717, 1.165) is 42.8 Å². The Morgan fingerprint density at radius 1 is 1.17 bits per heavy atom. The van der Waals surface area contributed by atoms with Crippen LogP contribution in [0.4, 0.5) is 11.5 Å². The van der Waals surface area contributed by atoms with E-state index in [1.54, 1.807) is 18.2 Å². The summed E-state index contributed by atoms with van der Waals surface area (Å²) in [7, 11) is 0. The molecule has 3 N–H and O–H groups in total. The molecule has 7 nitrogen and oxygen atoms in total. The van der Waals surface area contributed by atoms with E-state index in [4.69, 9.17) is 10.7 Å². The Bertz CT molecular complexity index is 917. The van der Waals surface area contributed by atoms with Gasteiger partial charge in [0, 0.05) is 13.0 Å². The molecule has 1 aromatic carbocycles. The number of carbonyl (C=O) groups excluding carboxylic acids is 1. The largest absolute Gasteiger partial charge is 0.366 e. The molecule has 2 aromatic heterocycles. The number of nitrogens with one attached hydrogen (secondary N) is 1. The lowest BCUT2D eigenvalue weighted by Gasteiger charge is -2.09. The van der Waals surface area contributed by atoms with Crippen molar-refractivity contribution < 1.29 is 4.79 Å². The number of aromatic nitrogens is 4. The second kappa shape index (κ2) is 5.92. The van der Waals surface area contributed by atoms with E-state index in [1.165, 1.54) is 12.7 Å². The van der Waals surface area contributed by atoms with Gasteiger partial charge in [-0.25, -0.2) is 15.0 Å². The van der Waals surface area contributed by atoms with Crippen molar-refractivity contribution in [3.8, 4) is 0 Å². The van der Waals surface area contributed by atoms with Crippen molar-refractivity contribution in [2.45, 2.75) is 32.2 Å². The minimum Gasteiger partial charge on any atom is -0.366 e. The van der Waals surface area contributed by atoms with Crippen LogP contribution in [0.15, 0.2) is 30.6 Å². The SMILES string of the molecule is NC(=O)c1ccccc1Nc1ncnc2c1nc1n2CCCCC1. The molecule has 0 aliphatic carbocycles. The van der Waals surface area contributed by atoms with Gasteiger partial charge in [0.15, 0.2) is 17.0 Å². The van der Waals surface area contributed by atoms with Crippen molar-refractivity contribution in [2.75, 3.05) is 5.32 Å². The number of rotatable bonds is 3. The Morgan fingerprint density at radius 3 is 2.92 bits per heavy atom. The van der Waals surface area contributed by atoms with Gasteiger partial charge in [0.1, 0.15) is 12.2 Å². The second-order valence-corrected chi connectivity index (χ2v) is 5.92. The van der Waals surface area contributed by atoms with Gasteiger partial charge in [-0.2, -0.15) is 0 Å². The Labute approximate surface area is 138 Å². The Morgan fingerprint density at radius 2 is 2.04 bits per heavy atom. The van der Waals surface area contributed by atoms with Crippen LogP contribution < -0.4 is 11.1 Å². The van der Waals surface area contributed by atoms with E-state index in [-0.39, 0.29) is 0 Å². The van der Waals surface area contributed by atoms with Crippen molar-refractivity contribution in [2.24, 2.45) is 5.73 Å². The summed E-state index contributed by atoms with van der Waals surface area (Å²) in [6.45, 7) is 0.931. The lowest BCUT2D eigenvalue weighted by atomic mass is 10.1. The topological polar surface area (TPSA) is 98.7 Å². The van der Waals surface area contributed by atoms with Crippen molar-refractivity contribution in [1.29, 1.82) is 0 Å². The summed E-state index contributed by atoms with van der Waals surface area (Å²) in [5, 5.41) is 3.19.